The molecule has 24 heavy (non-hydrogen) atoms. The summed E-state index contributed by atoms with van der Waals surface area (Å²) in [6.45, 7) is 4.72. The Bertz CT molecular complexity index is 608. The summed E-state index contributed by atoms with van der Waals surface area (Å²) in [4.78, 5) is 26.7. The monoisotopic (exact) mass is 342 g/mol. The van der Waals surface area contributed by atoms with Crippen molar-refractivity contribution in [2.24, 2.45) is 0 Å². The lowest BCUT2D eigenvalue weighted by atomic mass is 10.1. The Morgan fingerprint density at radius 3 is 2.33 bits per heavy atom. The van der Waals surface area contributed by atoms with Crippen LogP contribution < -0.4 is 0 Å². The SMILES string of the molecule is CCN(CC)C(=O)CN(C)C(=O)/C=C/c1cccc(C(F)(F)F)c1. The first kappa shape index (κ1) is 19.7. The van der Waals surface area contributed by atoms with Crippen LogP contribution in [0.1, 0.15) is 25.0 Å². The second kappa shape index (κ2) is 8.52. The maximum Gasteiger partial charge on any atom is 0.416 e. The predicted octanol–water partition coefficient (Wildman–Crippen LogP) is 3.05. The third kappa shape index (κ3) is 5.72. The average Bonchev–Trinajstić information content (AvgIpc) is 2.53. The third-order valence-electron chi connectivity index (χ3n) is 3.50. The number of benzene rings is 1. The highest BCUT2D eigenvalue weighted by Gasteiger charge is 2.30. The maximum absolute atomic E-state index is 12.6. The highest BCUT2D eigenvalue weighted by atomic mass is 19.4. The van der Waals surface area contributed by atoms with Crippen molar-refractivity contribution < 1.29 is 22.8 Å². The van der Waals surface area contributed by atoms with E-state index in [0.29, 0.717) is 13.1 Å². The summed E-state index contributed by atoms with van der Waals surface area (Å²) in [6.07, 6.45) is -1.97. The fraction of sp³-hybridized carbons (Fsp3) is 0.412. The molecule has 0 saturated heterocycles. The minimum absolute atomic E-state index is 0.0759. The second-order valence-corrected chi connectivity index (χ2v) is 5.22. The molecular formula is C17H21F3N2O2. The average molecular weight is 342 g/mol. The Kier molecular flexibility index (Phi) is 7.00. The first-order valence-corrected chi connectivity index (χ1v) is 7.57. The van der Waals surface area contributed by atoms with Crippen LogP contribution in [0.3, 0.4) is 0 Å². The smallest absolute Gasteiger partial charge is 0.342 e. The van der Waals surface area contributed by atoms with E-state index in [1.807, 2.05) is 13.8 Å². The van der Waals surface area contributed by atoms with E-state index in [2.05, 4.69) is 0 Å². The summed E-state index contributed by atoms with van der Waals surface area (Å²) < 4.78 is 37.9. The lowest BCUT2D eigenvalue weighted by molar-refractivity contribution is -0.137. The van der Waals surface area contributed by atoms with Crippen molar-refractivity contribution in [3.8, 4) is 0 Å². The molecule has 7 heteroatoms. The Labute approximate surface area is 139 Å². The molecule has 2 amide bonds. The zero-order valence-electron chi connectivity index (χ0n) is 13.9. The molecule has 4 nitrogen and oxygen atoms in total. The van der Waals surface area contributed by atoms with Crippen LogP contribution in [0.15, 0.2) is 30.3 Å². The van der Waals surface area contributed by atoms with E-state index < -0.39 is 17.6 Å². The molecule has 0 saturated carbocycles. The third-order valence-corrected chi connectivity index (χ3v) is 3.50. The molecule has 1 aromatic rings. The molecule has 0 unspecified atom stereocenters. The molecule has 132 valence electrons. The van der Waals surface area contributed by atoms with Gasteiger partial charge in [-0.15, -0.1) is 0 Å². The highest BCUT2D eigenvalue weighted by molar-refractivity contribution is 5.94. The molecule has 0 N–H and O–H groups in total. The molecule has 0 fully saturated rings. The lowest BCUT2D eigenvalue weighted by Gasteiger charge is -2.22. The Morgan fingerprint density at radius 1 is 1.17 bits per heavy atom. The van der Waals surface area contributed by atoms with Gasteiger partial charge < -0.3 is 9.80 Å². The zero-order valence-corrected chi connectivity index (χ0v) is 13.9. The van der Waals surface area contributed by atoms with Gasteiger partial charge in [-0.05, 0) is 37.6 Å². The van der Waals surface area contributed by atoms with Gasteiger partial charge in [-0.25, -0.2) is 0 Å². The number of alkyl halides is 3. The van der Waals surface area contributed by atoms with E-state index in [1.54, 1.807) is 4.90 Å². The summed E-state index contributed by atoms with van der Waals surface area (Å²) in [6, 6.07) is 4.68. The summed E-state index contributed by atoms with van der Waals surface area (Å²) in [5, 5.41) is 0. The highest BCUT2D eigenvalue weighted by Crippen LogP contribution is 2.29. The molecule has 1 aromatic carbocycles. The van der Waals surface area contributed by atoms with Crippen molar-refractivity contribution in [3.63, 3.8) is 0 Å². The van der Waals surface area contributed by atoms with Gasteiger partial charge in [0.1, 0.15) is 0 Å². The minimum Gasteiger partial charge on any atom is -0.342 e. The summed E-state index contributed by atoms with van der Waals surface area (Å²) >= 11 is 0. The van der Waals surface area contributed by atoms with Gasteiger partial charge in [0.15, 0.2) is 0 Å². The number of amides is 2. The van der Waals surface area contributed by atoms with Crippen LogP contribution in [-0.2, 0) is 15.8 Å². The number of hydrogen-bond acceptors (Lipinski definition) is 2. The van der Waals surface area contributed by atoms with Crippen molar-refractivity contribution in [1.29, 1.82) is 0 Å². The van der Waals surface area contributed by atoms with E-state index in [4.69, 9.17) is 0 Å². The first-order chi connectivity index (χ1) is 11.2. The molecule has 0 aliphatic rings. The predicted molar refractivity (Wildman–Crippen MR) is 86.0 cm³/mol. The molecule has 0 spiro atoms. The zero-order chi connectivity index (χ0) is 18.3. The van der Waals surface area contributed by atoms with Gasteiger partial charge in [0.25, 0.3) is 0 Å². The topological polar surface area (TPSA) is 40.6 Å². The van der Waals surface area contributed by atoms with Gasteiger partial charge >= 0.3 is 6.18 Å². The molecule has 0 heterocycles. The van der Waals surface area contributed by atoms with Gasteiger partial charge in [0.05, 0.1) is 12.1 Å². The van der Waals surface area contributed by atoms with Crippen molar-refractivity contribution in [3.05, 3.63) is 41.5 Å². The first-order valence-electron chi connectivity index (χ1n) is 7.57. The molecule has 0 atom stereocenters. The second-order valence-electron chi connectivity index (χ2n) is 5.22. The van der Waals surface area contributed by atoms with Gasteiger partial charge in [-0.3, -0.25) is 9.59 Å². The number of carbonyl (C=O) groups is 2. The van der Waals surface area contributed by atoms with Crippen LogP contribution in [-0.4, -0.2) is 48.3 Å². The summed E-state index contributed by atoms with van der Waals surface area (Å²) in [5.74, 6) is -0.628. The molecule has 0 aliphatic carbocycles. The van der Waals surface area contributed by atoms with Gasteiger partial charge in [-0.2, -0.15) is 13.2 Å². The number of halogens is 3. The Hall–Kier alpha value is -2.31. The largest absolute Gasteiger partial charge is 0.416 e. The van der Waals surface area contributed by atoms with Crippen molar-refractivity contribution >= 4 is 17.9 Å². The molecular weight excluding hydrogens is 321 g/mol. The fourth-order valence-corrected chi connectivity index (χ4v) is 2.07. The Balaban J connectivity index is 2.73. The molecule has 0 aromatic heterocycles. The van der Waals surface area contributed by atoms with Gasteiger partial charge in [0.2, 0.25) is 11.8 Å². The number of nitrogens with zero attached hydrogens (tertiary/aromatic N) is 2. The van der Waals surface area contributed by atoms with E-state index in [1.165, 1.54) is 30.2 Å². The van der Waals surface area contributed by atoms with Crippen LogP contribution in [0.4, 0.5) is 13.2 Å². The lowest BCUT2D eigenvalue weighted by Crippen LogP contribution is -2.40. The standard InChI is InChI=1S/C17H21F3N2O2/c1-4-22(5-2)16(24)12-21(3)15(23)10-9-13-7-6-8-14(11-13)17(18,19)20/h6-11H,4-5,12H2,1-3H3/b10-9+. The Morgan fingerprint density at radius 2 is 1.79 bits per heavy atom. The molecule has 1 rings (SSSR count). The number of rotatable bonds is 6. The number of carbonyl (C=O) groups excluding carboxylic acids is 2. The minimum atomic E-state index is -4.43. The van der Waals surface area contributed by atoms with Crippen molar-refractivity contribution in [2.45, 2.75) is 20.0 Å². The van der Waals surface area contributed by atoms with Crippen LogP contribution >= 0.6 is 0 Å². The van der Waals surface area contributed by atoms with Crippen molar-refractivity contribution in [1.82, 2.24) is 9.80 Å². The van der Waals surface area contributed by atoms with Crippen LogP contribution in [0.5, 0.6) is 0 Å². The summed E-state index contributed by atoms with van der Waals surface area (Å²) in [5.41, 5.74) is -0.510. The molecule has 0 aliphatic heterocycles. The van der Waals surface area contributed by atoms with E-state index in [0.717, 1.165) is 18.2 Å². The normalized spacial score (nSPS) is 11.6. The van der Waals surface area contributed by atoms with E-state index in [-0.39, 0.29) is 18.0 Å². The molecule has 0 bridgehead atoms. The van der Waals surface area contributed by atoms with Crippen molar-refractivity contribution in [2.75, 3.05) is 26.7 Å². The summed E-state index contributed by atoms with van der Waals surface area (Å²) in [7, 11) is 1.47. The van der Waals surface area contributed by atoms with Gasteiger partial charge in [-0.1, -0.05) is 12.1 Å². The van der Waals surface area contributed by atoms with E-state index >= 15 is 0 Å². The van der Waals surface area contributed by atoms with Crippen LogP contribution in [0.2, 0.25) is 0 Å². The quantitative estimate of drug-likeness (QED) is 0.746. The van der Waals surface area contributed by atoms with Crippen LogP contribution in [0, 0.1) is 0 Å². The maximum atomic E-state index is 12.6. The molecule has 0 radical (unpaired) electrons. The van der Waals surface area contributed by atoms with Crippen LogP contribution in [0.25, 0.3) is 6.08 Å². The van der Waals surface area contributed by atoms with E-state index in [9.17, 15) is 22.8 Å². The fourth-order valence-electron chi connectivity index (χ4n) is 2.07. The van der Waals surface area contributed by atoms with Gasteiger partial charge in [0, 0.05) is 26.2 Å². The number of hydrogen-bond donors (Lipinski definition) is 0. The number of likely N-dealkylation sites (N-methyl/N-ethyl adjacent to an activating group) is 2.